The summed E-state index contributed by atoms with van der Waals surface area (Å²) >= 11 is 5.16. The molecule has 1 rings (SSSR count). The van der Waals surface area contributed by atoms with Crippen molar-refractivity contribution >= 4 is 24.9 Å². The minimum atomic E-state index is -4.61. The number of alkyl halides is 3. The van der Waals surface area contributed by atoms with Gasteiger partial charge in [-0.25, -0.2) is 0 Å². The summed E-state index contributed by atoms with van der Waals surface area (Å²) in [6, 6.07) is 0.918. The molecule has 0 aliphatic rings. The van der Waals surface area contributed by atoms with Crippen molar-refractivity contribution in [3.8, 4) is 0 Å². The van der Waals surface area contributed by atoms with Crippen molar-refractivity contribution in [1.29, 1.82) is 0 Å². The van der Waals surface area contributed by atoms with Gasteiger partial charge in [0.15, 0.2) is 0 Å². The highest BCUT2D eigenvalue weighted by Crippen LogP contribution is 2.33. The highest BCUT2D eigenvalue weighted by molar-refractivity contribution is 6.76. The number of ether oxygens (including phenoxy) is 1. The summed E-state index contributed by atoms with van der Waals surface area (Å²) in [5, 5.41) is -1.13. The molecule has 0 amide bonds. The third-order valence-electron chi connectivity index (χ3n) is 2.63. The Morgan fingerprint density at radius 2 is 1.95 bits per heavy atom. The zero-order valence-corrected chi connectivity index (χ0v) is 13.3. The van der Waals surface area contributed by atoms with E-state index < -0.39 is 30.6 Å². The maximum atomic E-state index is 12.7. The van der Waals surface area contributed by atoms with Gasteiger partial charge < -0.3 is 9.30 Å². The summed E-state index contributed by atoms with van der Waals surface area (Å²) in [6.07, 6.45) is -2.71. The van der Waals surface area contributed by atoms with E-state index in [2.05, 4.69) is 19.6 Å². The van der Waals surface area contributed by atoms with Gasteiger partial charge in [0.05, 0.1) is 11.1 Å². The van der Waals surface area contributed by atoms with Crippen LogP contribution in [-0.2, 0) is 17.6 Å². The van der Waals surface area contributed by atoms with Gasteiger partial charge in [0, 0.05) is 27.1 Å². The molecular formula is C12H17ClF3NO2Si. The molecule has 0 saturated heterocycles. The maximum absolute atomic E-state index is 12.7. The SMILES string of the molecule is C[Si](C)(C)CCOCn1cc(C(=O)Cl)c(C(F)(F)F)c1. The lowest BCUT2D eigenvalue weighted by Crippen LogP contribution is -2.21. The van der Waals surface area contributed by atoms with Crippen LogP contribution in [0.1, 0.15) is 15.9 Å². The summed E-state index contributed by atoms with van der Waals surface area (Å²) in [5.41, 5.74) is -1.58. The number of hydrogen-bond acceptors (Lipinski definition) is 2. The van der Waals surface area contributed by atoms with Crippen LogP contribution in [0, 0.1) is 0 Å². The van der Waals surface area contributed by atoms with Gasteiger partial charge in [-0.2, -0.15) is 13.2 Å². The van der Waals surface area contributed by atoms with Crippen molar-refractivity contribution < 1.29 is 22.7 Å². The number of hydrogen-bond donors (Lipinski definition) is 0. The van der Waals surface area contributed by atoms with Crippen molar-refractivity contribution in [1.82, 2.24) is 4.57 Å². The Morgan fingerprint density at radius 1 is 1.35 bits per heavy atom. The Labute approximate surface area is 121 Å². The van der Waals surface area contributed by atoms with E-state index in [-0.39, 0.29) is 6.73 Å². The van der Waals surface area contributed by atoms with Gasteiger partial charge in [0.25, 0.3) is 5.24 Å². The predicted molar refractivity (Wildman–Crippen MR) is 73.7 cm³/mol. The monoisotopic (exact) mass is 327 g/mol. The number of aromatic nitrogens is 1. The fourth-order valence-electron chi connectivity index (χ4n) is 1.51. The van der Waals surface area contributed by atoms with Crippen molar-refractivity contribution in [3.63, 3.8) is 0 Å². The quantitative estimate of drug-likeness (QED) is 0.445. The highest BCUT2D eigenvalue weighted by atomic mass is 35.5. The zero-order chi connectivity index (χ0) is 15.6. The van der Waals surface area contributed by atoms with Gasteiger partial charge >= 0.3 is 6.18 Å². The summed E-state index contributed by atoms with van der Waals surface area (Å²) < 4.78 is 44.6. The first kappa shape index (κ1) is 17.3. The molecular weight excluding hydrogens is 311 g/mol. The van der Waals surface area contributed by atoms with E-state index in [1.807, 2.05) is 0 Å². The van der Waals surface area contributed by atoms with Crippen molar-refractivity contribution in [2.45, 2.75) is 38.6 Å². The Hall–Kier alpha value is -0.793. The van der Waals surface area contributed by atoms with E-state index in [9.17, 15) is 18.0 Å². The van der Waals surface area contributed by atoms with Gasteiger partial charge in [-0.15, -0.1) is 0 Å². The lowest BCUT2D eigenvalue weighted by Gasteiger charge is -2.15. The molecule has 3 nitrogen and oxygen atoms in total. The van der Waals surface area contributed by atoms with E-state index in [4.69, 9.17) is 16.3 Å². The van der Waals surface area contributed by atoms with Gasteiger partial charge in [0.2, 0.25) is 0 Å². The topological polar surface area (TPSA) is 31.2 Å². The standard InChI is InChI=1S/C12H17ClF3NO2Si/c1-20(2,3)5-4-19-8-17-6-9(11(13)18)10(7-17)12(14,15)16/h6-7H,4-5,8H2,1-3H3. The van der Waals surface area contributed by atoms with E-state index in [1.165, 1.54) is 4.57 Å². The maximum Gasteiger partial charge on any atom is 0.418 e. The molecule has 0 fully saturated rings. The molecule has 1 heterocycles. The molecule has 114 valence electrons. The lowest BCUT2D eigenvalue weighted by atomic mass is 10.2. The molecule has 1 aromatic rings. The number of carbonyl (C=O) groups is 1. The molecule has 0 radical (unpaired) electrons. The summed E-state index contributed by atoms with van der Waals surface area (Å²) in [4.78, 5) is 11.0. The van der Waals surface area contributed by atoms with Crippen molar-refractivity contribution in [3.05, 3.63) is 23.5 Å². The summed E-state index contributed by atoms with van der Waals surface area (Å²) in [5.74, 6) is 0. The second-order valence-electron chi connectivity index (χ2n) is 5.72. The molecule has 0 N–H and O–H groups in total. The van der Waals surface area contributed by atoms with Crippen LogP contribution in [0.5, 0.6) is 0 Å². The van der Waals surface area contributed by atoms with Gasteiger partial charge in [-0.3, -0.25) is 4.79 Å². The van der Waals surface area contributed by atoms with E-state index in [0.717, 1.165) is 18.4 Å². The fraction of sp³-hybridized carbons (Fsp3) is 0.583. The molecule has 0 spiro atoms. The molecule has 0 unspecified atom stereocenters. The number of halogens is 4. The van der Waals surface area contributed by atoms with Crippen molar-refractivity contribution in [2.24, 2.45) is 0 Å². The minimum absolute atomic E-state index is 0.0300. The van der Waals surface area contributed by atoms with Crippen LogP contribution in [0.3, 0.4) is 0 Å². The molecule has 8 heteroatoms. The van der Waals surface area contributed by atoms with Crippen LogP contribution in [0.25, 0.3) is 0 Å². The first-order valence-electron chi connectivity index (χ1n) is 6.05. The average Bonchev–Trinajstić information content (AvgIpc) is 2.67. The first-order valence-corrected chi connectivity index (χ1v) is 10.1. The average molecular weight is 328 g/mol. The molecule has 0 atom stereocenters. The van der Waals surface area contributed by atoms with E-state index in [1.54, 1.807) is 0 Å². The van der Waals surface area contributed by atoms with Crippen molar-refractivity contribution in [2.75, 3.05) is 6.61 Å². The Bertz CT molecular complexity index is 480. The fourth-order valence-corrected chi connectivity index (χ4v) is 2.42. The summed E-state index contributed by atoms with van der Waals surface area (Å²) in [7, 11) is -1.24. The van der Waals surface area contributed by atoms with E-state index >= 15 is 0 Å². The highest BCUT2D eigenvalue weighted by Gasteiger charge is 2.36. The van der Waals surface area contributed by atoms with Crippen LogP contribution in [0.2, 0.25) is 25.7 Å². The van der Waals surface area contributed by atoms with Gasteiger partial charge in [-0.1, -0.05) is 19.6 Å². The lowest BCUT2D eigenvalue weighted by molar-refractivity contribution is -0.137. The second-order valence-corrected chi connectivity index (χ2v) is 11.7. The molecule has 0 aromatic carbocycles. The largest absolute Gasteiger partial charge is 0.418 e. The second kappa shape index (κ2) is 6.32. The third kappa shape index (κ3) is 5.30. The van der Waals surface area contributed by atoms with Crippen LogP contribution >= 0.6 is 11.6 Å². The van der Waals surface area contributed by atoms with Crippen LogP contribution in [0.4, 0.5) is 13.2 Å². The summed E-state index contributed by atoms with van der Waals surface area (Å²) in [6.45, 7) is 6.99. The Kier molecular flexibility index (Phi) is 5.45. The Morgan fingerprint density at radius 3 is 2.35 bits per heavy atom. The van der Waals surface area contributed by atoms with Crippen LogP contribution in [0.15, 0.2) is 12.4 Å². The van der Waals surface area contributed by atoms with Crippen LogP contribution in [-0.4, -0.2) is 24.5 Å². The zero-order valence-electron chi connectivity index (χ0n) is 11.6. The Balaban J connectivity index is 2.71. The third-order valence-corrected chi connectivity index (χ3v) is 4.54. The molecule has 1 aromatic heterocycles. The number of rotatable bonds is 6. The number of carbonyl (C=O) groups excluding carboxylic acids is 1. The molecule has 0 saturated carbocycles. The number of nitrogens with zero attached hydrogens (tertiary/aromatic N) is 1. The molecule has 0 bridgehead atoms. The van der Waals surface area contributed by atoms with Crippen LogP contribution < -0.4 is 0 Å². The molecule has 0 aliphatic heterocycles. The smallest absolute Gasteiger partial charge is 0.361 e. The van der Waals surface area contributed by atoms with Gasteiger partial charge in [0.1, 0.15) is 6.73 Å². The normalized spacial score (nSPS) is 12.8. The predicted octanol–water partition coefficient (Wildman–Crippen LogP) is 4.20. The first-order chi connectivity index (χ1) is 9.00. The van der Waals surface area contributed by atoms with E-state index in [0.29, 0.717) is 6.61 Å². The minimum Gasteiger partial charge on any atom is -0.361 e. The molecule has 0 aliphatic carbocycles. The van der Waals surface area contributed by atoms with Gasteiger partial charge in [-0.05, 0) is 17.6 Å². The molecule has 20 heavy (non-hydrogen) atoms.